The molecule has 0 radical (unpaired) electrons. The molecule has 170 valence electrons. The van der Waals surface area contributed by atoms with Crippen molar-refractivity contribution in [3.05, 3.63) is 35.9 Å². The largest absolute Gasteiger partial charge is 0.462 e. The van der Waals surface area contributed by atoms with Gasteiger partial charge in [-0.1, -0.05) is 83.2 Å². The number of aliphatic hydroxyl groups excluding tert-OH is 1. The number of hydrogen-bond acceptors (Lipinski definition) is 4. The molecule has 1 aromatic carbocycles. The van der Waals surface area contributed by atoms with Crippen LogP contribution in [0.4, 0.5) is 0 Å². The van der Waals surface area contributed by atoms with Crippen molar-refractivity contribution in [2.45, 2.75) is 90.3 Å². The van der Waals surface area contributed by atoms with E-state index in [0.29, 0.717) is 17.8 Å². The third kappa shape index (κ3) is 7.39. The molecule has 1 fully saturated rings. The number of carbonyl (C=O) groups excluding carboxylic acids is 1. The molecule has 0 saturated heterocycles. The monoisotopic (exact) mass is 418 g/mol. The fraction of sp³-hybridized carbons (Fsp3) is 0.731. The molecule has 4 heteroatoms. The summed E-state index contributed by atoms with van der Waals surface area (Å²) in [7, 11) is 1.82. The first-order valence-electron chi connectivity index (χ1n) is 11.9. The minimum absolute atomic E-state index is 0.117. The van der Waals surface area contributed by atoms with Gasteiger partial charge in [-0.05, 0) is 42.6 Å². The summed E-state index contributed by atoms with van der Waals surface area (Å²) in [6, 6.07) is 9.44. The zero-order chi connectivity index (χ0) is 21.9. The predicted octanol–water partition coefficient (Wildman–Crippen LogP) is 5.73. The Morgan fingerprint density at radius 2 is 1.87 bits per heavy atom. The first kappa shape index (κ1) is 24.9. The number of ether oxygens (including phenoxy) is 2. The van der Waals surface area contributed by atoms with Gasteiger partial charge >= 0.3 is 5.97 Å². The van der Waals surface area contributed by atoms with E-state index in [0.717, 1.165) is 24.8 Å². The second kappa shape index (κ2) is 13.1. The van der Waals surface area contributed by atoms with E-state index in [1.165, 1.54) is 32.1 Å². The molecule has 1 N–H and O–H groups in total. The van der Waals surface area contributed by atoms with Gasteiger partial charge in [-0.3, -0.25) is 4.79 Å². The van der Waals surface area contributed by atoms with Crippen molar-refractivity contribution in [3.63, 3.8) is 0 Å². The normalized spacial score (nSPS) is 26.6. The van der Waals surface area contributed by atoms with Crippen molar-refractivity contribution in [2.24, 2.45) is 17.8 Å². The van der Waals surface area contributed by atoms with Crippen molar-refractivity contribution in [3.8, 4) is 0 Å². The van der Waals surface area contributed by atoms with Gasteiger partial charge in [0.05, 0.1) is 12.7 Å². The highest BCUT2D eigenvalue weighted by Crippen LogP contribution is 2.37. The molecule has 1 aliphatic rings. The fourth-order valence-electron chi connectivity index (χ4n) is 4.99. The number of unbranched alkanes of at least 4 members (excludes halogenated alkanes) is 3. The lowest BCUT2D eigenvalue weighted by Crippen LogP contribution is -2.32. The molecule has 0 spiro atoms. The molecule has 1 saturated carbocycles. The summed E-state index contributed by atoms with van der Waals surface area (Å²) in [6.07, 6.45) is 9.10. The van der Waals surface area contributed by atoms with Gasteiger partial charge in [0.25, 0.3) is 0 Å². The van der Waals surface area contributed by atoms with Crippen LogP contribution in [0.25, 0.3) is 0 Å². The number of esters is 1. The molecule has 30 heavy (non-hydrogen) atoms. The van der Waals surface area contributed by atoms with E-state index >= 15 is 0 Å². The van der Waals surface area contributed by atoms with Crippen LogP contribution in [-0.4, -0.2) is 37.0 Å². The minimum atomic E-state index is -0.618. The molecule has 0 amide bonds. The van der Waals surface area contributed by atoms with Gasteiger partial charge in [0.1, 0.15) is 12.0 Å². The molecular weight excluding hydrogens is 376 g/mol. The number of methoxy groups -OCH3 is 1. The number of aliphatic hydroxyl groups is 1. The SMILES string of the molecule is CCCCCCC(C)C1C[C@@H](OC(=O)[C@H](CO)c2ccccc2)CC(C)C[C@@H]1OC. The van der Waals surface area contributed by atoms with E-state index in [2.05, 4.69) is 20.8 Å². The van der Waals surface area contributed by atoms with Crippen LogP contribution in [-0.2, 0) is 14.3 Å². The first-order chi connectivity index (χ1) is 14.5. The van der Waals surface area contributed by atoms with E-state index in [9.17, 15) is 9.90 Å². The van der Waals surface area contributed by atoms with Gasteiger partial charge < -0.3 is 14.6 Å². The van der Waals surface area contributed by atoms with Gasteiger partial charge in [0, 0.05) is 7.11 Å². The third-order valence-corrected chi connectivity index (χ3v) is 6.81. The summed E-state index contributed by atoms with van der Waals surface area (Å²) in [5.41, 5.74) is 0.808. The van der Waals surface area contributed by atoms with Crippen LogP contribution in [0.1, 0.15) is 83.6 Å². The standard InChI is InChI=1S/C26H42O4/c1-5-6-7-9-12-20(3)23-17-22(15-19(2)16-25(23)29-4)30-26(28)24(18-27)21-13-10-8-11-14-21/h8,10-11,13-14,19-20,22-25,27H,5-7,9,12,15-18H2,1-4H3/t19?,20?,22-,23?,24+,25-/m0/s1. The lowest BCUT2D eigenvalue weighted by Gasteiger charge is -2.31. The summed E-state index contributed by atoms with van der Waals surface area (Å²) in [6.45, 7) is 6.56. The topological polar surface area (TPSA) is 55.8 Å². The van der Waals surface area contributed by atoms with Gasteiger partial charge in [-0.15, -0.1) is 0 Å². The zero-order valence-electron chi connectivity index (χ0n) is 19.4. The van der Waals surface area contributed by atoms with Crippen molar-refractivity contribution in [1.29, 1.82) is 0 Å². The number of hydrogen-bond donors (Lipinski definition) is 1. The molecule has 6 atom stereocenters. The van der Waals surface area contributed by atoms with Crippen molar-refractivity contribution < 1.29 is 19.4 Å². The number of carbonyl (C=O) groups is 1. The van der Waals surface area contributed by atoms with Crippen LogP contribution < -0.4 is 0 Å². The number of benzene rings is 1. The van der Waals surface area contributed by atoms with E-state index in [-0.39, 0.29) is 24.8 Å². The maximum atomic E-state index is 12.9. The maximum absolute atomic E-state index is 12.9. The Hall–Kier alpha value is -1.39. The summed E-state index contributed by atoms with van der Waals surface area (Å²) in [5.74, 6) is 0.443. The van der Waals surface area contributed by atoms with Crippen LogP contribution in [0.15, 0.2) is 30.3 Å². The average Bonchev–Trinajstić information content (AvgIpc) is 2.90. The molecule has 3 unspecified atom stereocenters. The van der Waals surface area contributed by atoms with E-state index in [1.54, 1.807) is 0 Å². The Morgan fingerprint density at radius 3 is 2.50 bits per heavy atom. The summed E-state index contributed by atoms with van der Waals surface area (Å²) in [5, 5.41) is 9.83. The second-order valence-electron chi connectivity index (χ2n) is 9.28. The summed E-state index contributed by atoms with van der Waals surface area (Å²) in [4.78, 5) is 12.9. The number of rotatable bonds is 11. The molecule has 1 aliphatic carbocycles. The van der Waals surface area contributed by atoms with Crippen LogP contribution in [0.2, 0.25) is 0 Å². The van der Waals surface area contributed by atoms with Crippen LogP contribution in [0.3, 0.4) is 0 Å². The quantitative estimate of drug-likeness (QED) is 0.283. The molecule has 0 aromatic heterocycles. The highest BCUT2D eigenvalue weighted by Gasteiger charge is 2.36. The van der Waals surface area contributed by atoms with Crippen LogP contribution in [0.5, 0.6) is 0 Å². The highest BCUT2D eigenvalue weighted by atomic mass is 16.5. The van der Waals surface area contributed by atoms with Gasteiger partial charge in [0.2, 0.25) is 0 Å². The molecule has 0 bridgehead atoms. The first-order valence-corrected chi connectivity index (χ1v) is 11.9. The van der Waals surface area contributed by atoms with Crippen molar-refractivity contribution in [1.82, 2.24) is 0 Å². The molecular formula is C26H42O4. The maximum Gasteiger partial charge on any atom is 0.316 e. The Bertz CT molecular complexity index is 602. The fourth-order valence-corrected chi connectivity index (χ4v) is 4.99. The summed E-state index contributed by atoms with van der Waals surface area (Å²) >= 11 is 0. The Morgan fingerprint density at radius 1 is 1.13 bits per heavy atom. The lowest BCUT2D eigenvalue weighted by atomic mass is 9.81. The molecule has 0 aliphatic heterocycles. The Kier molecular flexibility index (Phi) is 10.9. The van der Waals surface area contributed by atoms with E-state index in [4.69, 9.17) is 9.47 Å². The van der Waals surface area contributed by atoms with Crippen LogP contribution >= 0.6 is 0 Å². The molecule has 4 nitrogen and oxygen atoms in total. The molecule has 0 heterocycles. The van der Waals surface area contributed by atoms with Crippen molar-refractivity contribution >= 4 is 5.97 Å². The predicted molar refractivity (Wildman–Crippen MR) is 121 cm³/mol. The molecule has 1 aromatic rings. The minimum Gasteiger partial charge on any atom is -0.462 e. The molecule has 2 rings (SSSR count). The Labute approximate surface area is 183 Å². The Balaban J connectivity index is 2.05. The van der Waals surface area contributed by atoms with Crippen LogP contribution in [0, 0.1) is 17.8 Å². The third-order valence-electron chi connectivity index (χ3n) is 6.81. The zero-order valence-corrected chi connectivity index (χ0v) is 19.4. The lowest BCUT2D eigenvalue weighted by molar-refractivity contribution is -0.153. The van der Waals surface area contributed by atoms with E-state index in [1.807, 2.05) is 37.4 Å². The van der Waals surface area contributed by atoms with Crippen molar-refractivity contribution in [2.75, 3.05) is 13.7 Å². The average molecular weight is 419 g/mol. The van der Waals surface area contributed by atoms with Gasteiger partial charge in [0.15, 0.2) is 0 Å². The van der Waals surface area contributed by atoms with Gasteiger partial charge in [-0.25, -0.2) is 0 Å². The van der Waals surface area contributed by atoms with Gasteiger partial charge in [-0.2, -0.15) is 0 Å². The highest BCUT2D eigenvalue weighted by molar-refractivity contribution is 5.78. The smallest absolute Gasteiger partial charge is 0.316 e. The summed E-state index contributed by atoms with van der Waals surface area (Å²) < 4.78 is 11.9. The second-order valence-corrected chi connectivity index (χ2v) is 9.28. The van der Waals surface area contributed by atoms with E-state index < -0.39 is 5.92 Å².